The van der Waals surface area contributed by atoms with Gasteiger partial charge in [-0.3, -0.25) is 82.7 Å². The quantitative estimate of drug-likeness (QED) is 0.0130. The van der Waals surface area contributed by atoms with Crippen LogP contribution in [0.2, 0.25) is 0 Å². The van der Waals surface area contributed by atoms with Gasteiger partial charge in [-0.05, 0) is 92.2 Å². The lowest BCUT2D eigenvalue weighted by atomic mass is 9.97. The van der Waals surface area contributed by atoms with E-state index in [2.05, 4.69) is 104 Å². The molecular weight excluding hydrogens is 1790 g/mol. The van der Waals surface area contributed by atoms with Crippen molar-refractivity contribution in [3.63, 3.8) is 0 Å². The lowest BCUT2D eigenvalue weighted by Crippen LogP contribution is -2.63. The molecule has 0 unspecified atom stereocenters. The molecular formula is C91H118N26O17S2. The fraction of sp³-hybridized carbons (Fsp3) is 0.440. The number of amides is 14. The normalized spacial score (nSPS) is 24.1. The van der Waals surface area contributed by atoms with E-state index in [1.54, 1.807) is 123 Å². The summed E-state index contributed by atoms with van der Waals surface area (Å²) < 4.78 is 0. The van der Waals surface area contributed by atoms with Gasteiger partial charge < -0.3 is 126 Å². The molecule has 16 atom stereocenters. The summed E-state index contributed by atoms with van der Waals surface area (Å²) in [5.74, 6) is -18.3. The number of benzene rings is 4. The number of aliphatic carboxylic acids is 1. The van der Waals surface area contributed by atoms with Gasteiger partial charge in [-0.25, -0.2) is 9.97 Å². The minimum Gasteiger partial charge on any atom is -0.481 e. The summed E-state index contributed by atoms with van der Waals surface area (Å²) in [6.45, 7) is 4.40. The van der Waals surface area contributed by atoms with Crippen molar-refractivity contribution in [2.75, 3.05) is 38.2 Å². The highest BCUT2D eigenvalue weighted by molar-refractivity contribution is 8.76. The number of hydrogen-bond acceptors (Lipinski definition) is 22. The third kappa shape index (κ3) is 28.8. The van der Waals surface area contributed by atoms with Crippen LogP contribution in [-0.2, 0) is 110 Å². The Morgan fingerprint density at radius 2 is 0.882 bits per heavy atom. The molecule has 3 fully saturated rings. The number of aromatic amines is 4. The summed E-state index contributed by atoms with van der Waals surface area (Å²) in [6, 6.07) is 7.44. The van der Waals surface area contributed by atoms with E-state index in [1.165, 1.54) is 37.0 Å². The minimum absolute atomic E-state index is 0.0128. The molecule has 8 aromatic rings. The average Bonchev–Trinajstić information content (AvgIpc) is 1.63. The predicted molar refractivity (Wildman–Crippen MR) is 505 cm³/mol. The number of likely N-dealkylation sites (N-methyl/N-ethyl adjacent to an activating group) is 1. The number of carbonyl (C=O) groups excluding carboxylic acids is 14. The first-order valence-electron chi connectivity index (χ1n) is 44.9. The van der Waals surface area contributed by atoms with Crippen LogP contribution in [0.5, 0.6) is 0 Å². The number of nitrogens with two attached hydrogens (primary N) is 2. The smallest absolute Gasteiger partial charge is 0.303 e. The predicted octanol–water partition coefficient (Wildman–Crippen LogP) is -1.29. The zero-order valence-corrected chi connectivity index (χ0v) is 77.1. The maximum Gasteiger partial charge on any atom is 0.303 e. The molecule has 4 aromatic carbocycles. The van der Waals surface area contributed by atoms with Gasteiger partial charge in [0, 0.05) is 130 Å². The maximum absolute atomic E-state index is 15.9. The van der Waals surface area contributed by atoms with Crippen LogP contribution in [0.3, 0.4) is 0 Å². The van der Waals surface area contributed by atoms with Crippen LogP contribution in [0.15, 0.2) is 147 Å². The number of aliphatic hydroxyl groups is 1. The summed E-state index contributed by atoms with van der Waals surface area (Å²) in [7, 11) is 2.95. The molecule has 726 valence electrons. The SMILES string of the molecule is CC[C@H](C)[C@@H]1NC(=O)[C@@H]2CCCN2C(=O)[C@H](Cc2c[nH]c3ccccc23)NC(=O)[C@H](CCCNC(=N)N)N(C)C(=O)[C@@H](Cc2ccccc2)NC(=O)[C@H](Cc2c[nH]cn2)NC(=O)[C@H]([C@@H](C)O)NC(=O)[C@@H]2CSSC[C@H](NC1=O)C(=O)N[C@@H](Cc1c[nH]cn1)C(=O)N[C@H](Cc1ccccc1)C(=O)N[C@@H](CCC(=O)O)C(=O)N[C@@H](Cc1c[nH]c3ccccc13)C(=O)N[C@@H](CCCNC(=N)N)C(=O)N2. The Kier molecular flexibility index (Phi) is 37.2. The highest BCUT2D eigenvalue weighted by atomic mass is 33.1. The number of aromatic nitrogens is 6. The van der Waals surface area contributed by atoms with Crippen molar-refractivity contribution in [1.82, 2.24) is 114 Å². The van der Waals surface area contributed by atoms with Crippen LogP contribution in [0.1, 0.15) is 112 Å². The number of nitrogens with zero attached hydrogens (tertiary/aromatic N) is 4. The van der Waals surface area contributed by atoms with Gasteiger partial charge in [-0.15, -0.1) is 0 Å². The van der Waals surface area contributed by atoms with E-state index in [9.17, 15) is 15.0 Å². The summed E-state index contributed by atoms with van der Waals surface area (Å²) >= 11 is 0. The number of aliphatic hydroxyl groups excluding tert-OH is 1. The van der Waals surface area contributed by atoms with Crippen molar-refractivity contribution in [3.8, 4) is 0 Å². The maximum atomic E-state index is 15.9. The van der Waals surface area contributed by atoms with Crippen molar-refractivity contribution in [1.29, 1.82) is 10.8 Å². The molecule has 0 saturated carbocycles. The molecule has 7 heterocycles. The summed E-state index contributed by atoms with van der Waals surface area (Å²) in [6.07, 6.45) is 3.53. The van der Waals surface area contributed by atoms with E-state index in [-0.39, 0.29) is 102 Å². The lowest BCUT2D eigenvalue weighted by molar-refractivity contribution is -0.145. The third-order valence-electron chi connectivity index (χ3n) is 24.0. The van der Waals surface area contributed by atoms with Crippen molar-refractivity contribution in [3.05, 3.63) is 180 Å². The number of para-hydroxylation sites is 2. The molecule has 14 amide bonds. The van der Waals surface area contributed by atoms with Gasteiger partial charge in [-0.2, -0.15) is 0 Å². The Hall–Kier alpha value is -14.4. The van der Waals surface area contributed by atoms with Crippen LogP contribution < -0.4 is 85.9 Å². The first-order chi connectivity index (χ1) is 65.3. The van der Waals surface area contributed by atoms with E-state index in [4.69, 9.17) is 22.3 Å². The molecule has 11 rings (SSSR count). The number of imidazole rings is 2. The fourth-order valence-corrected chi connectivity index (χ4v) is 18.7. The van der Waals surface area contributed by atoms with Gasteiger partial charge in [0.15, 0.2) is 11.9 Å². The molecule has 136 heavy (non-hydrogen) atoms. The van der Waals surface area contributed by atoms with Gasteiger partial charge in [0.1, 0.15) is 84.6 Å². The summed E-state index contributed by atoms with van der Waals surface area (Å²) in [5.41, 5.74) is 15.1. The highest BCUT2D eigenvalue weighted by Crippen LogP contribution is 2.29. The van der Waals surface area contributed by atoms with Crippen LogP contribution in [0.25, 0.3) is 21.8 Å². The number of guanidine groups is 2. The number of H-pyrrole nitrogens is 4. The lowest BCUT2D eigenvalue weighted by Gasteiger charge is -2.34. The third-order valence-corrected chi connectivity index (χ3v) is 26.4. The van der Waals surface area contributed by atoms with Crippen molar-refractivity contribution >= 4 is 144 Å². The van der Waals surface area contributed by atoms with Gasteiger partial charge >= 0.3 is 5.97 Å². The Bertz CT molecular complexity index is 5530. The topological polar surface area (TPSA) is 660 Å². The van der Waals surface area contributed by atoms with E-state index < -0.39 is 234 Å². The van der Waals surface area contributed by atoms with Crippen LogP contribution in [-0.4, -0.2) is 279 Å². The molecule has 3 saturated heterocycles. The van der Waals surface area contributed by atoms with Gasteiger partial charge in [0.25, 0.3) is 0 Å². The van der Waals surface area contributed by atoms with E-state index in [0.29, 0.717) is 44.1 Å². The van der Waals surface area contributed by atoms with Crippen molar-refractivity contribution in [2.45, 2.75) is 208 Å². The number of carbonyl (C=O) groups is 15. The van der Waals surface area contributed by atoms with E-state index in [1.807, 2.05) is 12.1 Å². The Morgan fingerprint density at radius 3 is 1.40 bits per heavy atom. The number of carboxylic acids is 1. The number of rotatable bonds is 26. The molecule has 3 aliphatic rings. The number of nitrogens with one attached hydrogen (secondary N) is 20. The number of hydrogen-bond donors (Lipinski definition) is 24. The Balaban J connectivity index is 1.05. The van der Waals surface area contributed by atoms with Gasteiger partial charge in [-0.1, -0.05) is 139 Å². The molecule has 43 nitrogen and oxygen atoms in total. The molecule has 0 aliphatic carbocycles. The van der Waals surface area contributed by atoms with Crippen LogP contribution in [0.4, 0.5) is 0 Å². The van der Waals surface area contributed by atoms with Crippen molar-refractivity contribution < 1.29 is 82.1 Å². The largest absolute Gasteiger partial charge is 0.481 e. The average molecular weight is 1910 g/mol. The van der Waals surface area contributed by atoms with Crippen LogP contribution in [0, 0.1) is 16.7 Å². The highest BCUT2D eigenvalue weighted by Gasteiger charge is 2.45. The van der Waals surface area contributed by atoms with E-state index >= 15 is 67.1 Å². The number of carboxylic acid groups (broad SMARTS) is 1. The molecule has 0 spiro atoms. The van der Waals surface area contributed by atoms with Gasteiger partial charge in [0.05, 0.1) is 30.1 Å². The molecule has 4 aromatic heterocycles. The molecule has 0 radical (unpaired) electrons. The minimum atomic E-state index is -2.05. The second-order valence-corrected chi connectivity index (χ2v) is 36.4. The Labute approximate surface area is 790 Å². The first-order valence-corrected chi connectivity index (χ1v) is 47.4. The van der Waals surface area contributed by atoms with Gasteiger partial charge in [0.2, 0.25) is 82.7 Å². The molecule has 3 aliphatic heterocycles. The Morgan fingerprint density at radius 1 is 0.471 bits per heavy atom. The van der Waals surface area contributed by atoms with Crippen molar-refractivity contribution in [2.24, 2.45) is 17.4 Å². The zero-order chi connectivity index (χ0) is 97.6. The monoisotopic (exact) mass is 1910 g/mol. The van der Waals surface area contributed by atoms with E-state index in [0.717, 1.165) is 33.4 Å². The first kappa shape index (κ1) is 102. The zero-order valence-electron chi connectivity index (χ0n) is 75.5. The number of fused-ring (bicyclic) bond motifs is 8. The van der Waals surface area contributed by atoms with Crippen LogP contribution >= 0.6 is 21.6 Å². The summed E-state index contributed by atoms with van der Waals surface area (Å²) in [4.78, 5) is 254. The second-order valence-electron chi connectivity index (χ2n) is 33.9. The second kappa shape index (κ2) is 49.6. The summed E-state index contributed by atoms with van der Waals surface area (Å²) in [5, 5.41) is 77.2. The molecule has 2 bridgehead atoms. The fourth-order valence-electron chi connectivity index (χ4n) is 16.4. The molecule has 45 heteroatoms. The standard InChI is InChI=1S/C91H118N26O17S2/c1-5-49(2)74-86(131)113-69-45-135-136-46-70(112-76(121)61(27-16-32-98-90(92)93)104-79(124)64(37-53-41-100-59-25-14-12-23-57(53)59)107-77(122)62(30-31-73(119)120)105-78(123)63(35-51-19-8-6-9-20-51)106-80(125)65(108-82(69)127)39-55-43-96-47-102-55)83(128)115-75(50(3)118)87(132)109-66(40-56-44-97-48-103-56)81(126)110-67(36-52-21-10-7-11-22-52)88(133)116(4)71(28-17-33-99-91(94)95)84(129)111-68(38-54-42-101-60-26-15-13-24-58(54)60)89(134)117-34-18-29-72(117)85(130)114-74/h6-15,19-26,41-44,47-50,61-72,74-75,100-101,118H,5,16-18,27-40,45-46H2,1-4H3,(H,96,102)(H,97,103)(H,104,124)(H,105,123)(H,106,125)(H,107,122)(H,108,127)(H,109,132)(H,110,126)(H,111,129)(H,112,121)(H,113,131)(H,114,130)(H,115,128)(H,119,120)(H4,92,93,98)(H4,94,95,99)/t49-,50+,61-,62-,63+,64-,65-,66-,67+,68-,69-,70-,71-,72-,74-,75-/m0/s1. The molecule has 26 N–H and O–H groups in total.